The lowest BCUT2D eigenvalue weighted by atomic mass is 10.9. The Kier molecular flexibility index (Phi) is 12.6. The smallest absolute Gasteiger partial charge is 0.00280 e. The van der Waals surface area contributed by atoms with E-state index < -0.39 is 0 Å². The zero-order chi connectivity index (χ0) is 11.5. The van der Waals surface area contributed by atoms with Crippen LogP contribution in [-0.2, 0) is 0 Å². The van der Waals surface area contributed by atoms with Crippen molar-refractivity contribution in [2.75, 3.05) is 48.5 Å². The first-order valence-corrected chi connectivity index (χ1v) is 11.3. The van der Waals surface area contributed by atoms with Crippen molar-refractivity contribution in [3.05, 3.63) is 0 Å². The first-order valence-electron chi connectivity index (χ1n) is 6.30. The minimum Gasteiger partial charge on any atom is -0.161 e. The molecule has 0 atom stereocenters. The standard InChI is InChI=1S/C12H28P2S/c1-5-13(6-2)9-11-15-12-10-14(7-3)8-4/h5-12H2,1-4H3. The molecule has 0 aliphatic carbocycles. The molecular formula is C12H28P2S. The second kappa shape index (κ2) is 11.7. The maximum atomic E-state index is 2.35. The second-order valence-corrected chi connectivity index (χ2v) is 11.0. The molecule has 0 aliphatic rings. The molecule has 0 N–H and O–H groups in total. The lowest BCUT2D eigenvalue weighted by Gasteiger charge is -2.14. The summed E-state index contributed by atoms with van der Waals surface area (Å²) in [5.74, 6) is 2.84. The summed E-state index contributed by atoms with van der Waals surface area (Å²) in [6.07, 6.45) is 8.74. The molecule has 15 heavy (non-hydrogen) atoms. The summed E-state index contributed by atoms with van der Waals surface area (Å²) in [7, 11) is 0.778. The van der Waals surface area contributed by atoms with Crippen molar-refractivity contribution in [2.45, 2.75) is 27.7 Å². The third kappa shape index (κ3) is 8.96. The van der Waals surface area contributed by atoms with Crippen LogP contribution in [0.4, 0.5) is 0 Å². The van der Waals surface area contributed by atoms with Gasteiger partial charge in [0.25, 0.3) is 0 Å². The molecule has 0 nitrogen and oxygen atoms in total. The number of hydrogen-bond donors (Lipinski definition) is 0. The maximum absolute atomic E-state index is 2.35. The molecule has 0 radical (unpaired) electrons. The summed E-state index contributed by atoms with van der Waals surface area (Å²) in [6.45, 7) is 9.42. The van der Waals surface area contributed by atoms with Gasteiger partial charge in [0.15, 0.2) is 0 Å². The number of hydrogen-bond acceptors (Lipinski definition) is 1. The summed E-state index contributed by atoms with van der Waals surface area (Å²) in [6, 6.07) is 0. The SMILES string of the molecule is CCP(CC)CCSCCP(CC)CC. The van der Waals surface area contributed by atoms with Crippen LogP contribution in [0.3, 0.4) is 0 Å². The molecule has 0 fully saturated rings. The Morgan fingerprint density at radius 1 is 0.667 bits per heavy atom. The van der Waals surface area contributed by atoms with Crippen LogP contribution in [0.1, 0.15) is 27.7 Å². The lowest BCUT2D eigenvalue weighted by Crippen LogP contribution is -1.97. The van der Waals surface area contributed by atoms with E-state index in [1.54, 1.807) is 0 Å². The van der Waals surface area contributed by atoms with Crippen molar-refractivity contribution in [3.63, 3.8) is 0 Å². The molecule has 0 heterocycles. The van der Waals surface area contributed by atoms with Crippen LogP contribution in [0, 0.1) is 0 Å². The van der Waals surface area contributed by atoms with Gasteiger partial charge in [0.05, 0.1) is 0 Å². The molecule has 0 bridgehead atoms. The van der Waals surface area contributed by atoms with Gasteiger partial charge in [0.2, 0.25) is 0 Å². The second-order valence-electron chi connectivity index (χ2n) is 3.67. The maximum Gasteiger partial charge on any atom is -0.00280 e. The van der Waals surface area contributed by atoms with E-state index in [0.29, 0.717) is 15.8 Å². The van der Waals surface area contributed by atoms with Gasteiger partial charge in [0.1, 0.15) is 0 Å². The van der Waals surface area contributed by atoms with E-state index in [1.807, 2.05) is 0 Å². The van der Waals surface area contributed by atoms with E-state index in [9.17, 15) is 0 Å². The molecule has 3 heteroatoms. The molecule has 0 aromatic carbocycles. The van der Waals surface area contributed by atoms with Gasteiger partial charge in [-0.1, -0.05) is 27.7 Å². The van der Waals surface area contributed by atoms with Crippen LogP contribution in [0.15, 0.2) is 0 Å². The van der Waals surface area contributed by atoms with Gasteiger partial charge in [-0.3, -0.25) is 0 Å². The molecule has 0 amide bonds. The van der Waals surface area contributed by atoms with Crippen molar-refractivity contribution in [1.82, 2.24) is 0 Å². The van der Waals surface area contributed by atoms with E-state index in [-0.39, 0.29) is 0 Å². The predicted octanol–water partition coefficient (Wildman–Crippen LogP) is 4.76. The third-order valence-corrected chi connectivity index (χ3v) is 9.77. The summed E-state index contributed by atoms with van der Waals surface area (Å²) >= 11 is 2.20. The van der Waals surface area contributed by atoms with Gasteiger partial charge < -0.3 is 0 Å². The fourth-order valence-electron chi connectivity index (χ4n) is 1.57. The Morgan fingerprint density at radius 2 is 1.00 bits per heavy atom. The van der Waals surface area contributed by atoms with Crippen molar-refractivity contribution < 1.29 is 0 Å². The normalized spacial score (nSPS) is 11.6. The average molecular weight is 266 g/mol. The Bertz CT molecular complexity index is 109. The highest BCUT2D eigenvalue weighted by Gasteiger charge is 2.04. The highest BCUT2D eigenvalue weighted by atomic mass is 32.2. The number of rotatable bonds is 10. The lowest BCUT2D eigenvalue weighted by molar-refractivity contribution is 1.34. The van der Waals surface area contributed by atoms with E-state index in [2.05, 4.69) is 39.5 Å². The zero-order valence-electron chi connectivity index (χ0n) is 11.0. The summed E-state index contributed by atoms with van der Waals surface area (Å²) in [5.41, 5.74) is 0. The molecular weight excluding hydrogens is 238 g/mol. The van der Waals surface area contributed by atoms with Gasteiger partial charge >= 0.3 is 0 Å². The molecule has 0 saturated carbocycles. The quantitative estimate of drug-likeness (QED) is 0.405. The largest absolute Gasteiger partial charge is 0.161 e. The van der Waals surface area contributed by atoms with Crippen LogP contribution < -0.4 is 0 Å². The van der Waals surface area contributed by atoms with Gasteiger partial charge in [-0.2, -0.15) is 11.8 Å². The Morgan fingerprint density at radius 3 is 1.27 bits per heavy atom. The molecule has 0 spiro atoms. The molecule has 0 rings (SSSR count). The Hall–Kier alpha value is 1.21. The molecule has 0 saturated heterocycles. The van der Waals surface area contributed by atoms with Crippen LogP contribution in [-0.4, -0.2) is 48.5 Å². The van der Waals surface area contributed by atoms with Crippen LogP contribution in [0.2, 0.25) is 0 Å². The average Bonchev–Trinajstić information content (AvgIpc) is 2.29. The summed E-state index contributed by atoms with van der Waals surface area (Å²) < 4.78 is 0. The van der Waals surface area contributed by atoms with Crippen LogP contribution in [0.25, 0.3) is 0 Å². The highest BCUT2D eigenvalue weighted by Crippen LogP contribution is 2.36. The minimum atomic E-state index is 0.389. The van der Waals surface area contributed by atoms with E-state index >= 15 is 0 Å². The first-order chi connectivity index (χ1) is 7.28. The van der Waals surface area contributed by atoms with E-state index in [0.717, 1.165) is 0 Å². The van der Waals surface area contributed by atoms with Crippen molar-refractivity contribution in [3.8, 4) is 0 Å². The van der Waals surface area contributed by atoms with Gasteiger partial charge in [-0.05, 0) is 48.5 Å². The fraction of sp³-hybridized carbons (Fsp3) is 1.00. The Balaban J connectivity index is 3.30. The van der Waals surface area contributed by atoms with Crippen molar-refractivity contribution >= 4 is 27.6 Å². The van der Waals surface area contributed by atoms with E-state index in [4.69, 9.17) is 0 Å². The van der Waals surface area contributed by atoms with Crippen molar-refractivity contribution in [1.29, 1.82) is 0 Å². The van der Waals surface area contributed by atoms with Crippen molar-refractivity contribution in [2.24, 2.45) is 0 Å². The molecule has 0 aromatic rings. The summed E-state index contributed by atoms with van der Waals surface area (Å²) in [4.78, 5) is 0. The minimum absolute atomic E-state index is 0.389. The fourth-order valence-corrected chi connectivity index (χ4v) is 7.03. The van der Waals surface area contributed by atoms with Gasteiger partial charge in [-0.15, -0.1) is 15.8 Å². The van der Waals surface area contributed by atoms with Crippen LogP contribution in [0.5, 0.6) is 0 Å². The number of thioether (sulfide) groups is 1. The highest BCUT2D eigenvalue weighted by molar-refractivity contribution is 7.99. The molecule has 0 unspecified atom stereocenters. The first kappa shape index (κ1) is 16.2. The molecule has 92 valence electrons. The topological polar surface area (TPSA) is 0 Å². The van der Waals surface area contributed by atoms with Gasteiger partial charge in [-0.25, -0.2) is 0 Å². The van der Waals surface area contributed by atoms with Gasteiger partial charge in [0, 0.05) is 0 Å². The Labute approximate surface area is 104 Å². The monoisotopic (exact) mass is 266 g/mol. The molecule has 0 aliphatic heterocycles. The molecule has 0 aromatic heterocycles. The van der Waals surface area contributed by atoms with E-state index in [1.165, 1.54) is 48.5 Å². The predicted molar refractivity (Wildman–Crippen MR) is 83.1 cm³/mol. The summed E-state index contributed by atoms with van der Waals surface area (Å²) in [5, 5.41) is 0. The zero-order valence-corrected chi connectivity index (χ0v) is 13.6. The van der Waals surface area contributed by atoms with Crippen LogP contribution >= 0.6 is 27.6 Å². The third-order valence-electron chi connectivity index (χ3n) is 2.89.